The Morgan fingerprint density at radius 2 is 2.26 bits per heavy atom. The normalized spacial score (nSPS) is 21.3. The highest BCUT2D eigenvalue weighted by Crippen LogP contribution is 2.25. The first-order chi connectivity index (χ1) is 8.95. The van der Waals surface area contributed by atoms with Gasteiger partial charge in [-0.1, -0.05) is 6.92 Å². The number of rotatable bonds is 3. The molecule has 0 N–H and O–H groups in total. The topological polar surface area (TPSA) is 76.8 Å². The van der Waals surface area contributed by atoms with E-state index in [0.29, 0.717) is 13.1 Å². The van der Waals surface area contributed by atoms with Crippen LogP contribution in [0.1, 0.15) is 17.5 Å². The second kappa shape index (κ2) is 5.56. The molecular weight excluding hydrogens is 290 g/mol. The predicted octanol–water partition coefficient (Wildman–Crippen LogP) is 1.19. The van der Waals surface area contributed by atoms with Crippen LogP contribution < -0.4 is 0 Å². The second-order valence-electron chi connectivity index (χ2n) is 4.15. The Bertz CT molecular complexity index is 565. The SMILES string of the molecule is COC(=O)c1ccc(S(=O)(=O)N2CCS[C@H](C)C2)o1. The van der Waals surface area contributed by atoms with Gasteiger partial charge in [-0.15, -0.1) is 0 Å². The van der Waals surface area contributed by atoms with E-state index < -0.39 is 16.0 Å². The number of methoxy groups -OCH3 is 1. The molecule has 1 aliphatic rings. The van der Waals surface area contributed by atoms with Gasteiger partial charge in [-0.25, -0.2) is 13.2 Å². The molecule has 8 heteroatoms. The molecule has 1 aliphatic heterocycles. The number of carbonyl (C=O) groups excluding carboxylic acids is 1. The highest BCUT2D eigenvalue weighted by Gasteiger charge is 2.32. The molecule has 2 heterocycles. The third-order valence-electron chi connectivity index (χ3n) is 2.77. The number of furan rings is 1. The zero-order valence-electron chi connectivity index (χ0n) is 10.7. The molecular formula is C11H15NO5S2. The van der Waals surface area contributed by atoms with Crippen LogP contribution in [-0.4, -0.2) is 49.9 Å². The molecule has 0 aromatic carbocycles. The smallest absolute Gasteiger partial charge is 0.374 e. The van der Waals surface area contributed by atoms with Crippen molar-refractivity contribution in [3.63, 3.8) is 0 Å². The van der Waals surface area contributed by atoms with E-state index in [9.17, 15) is 13.2 Å². The average Bonchev–Trinajstić information content (AvgIpc) is 2.88. The molecule has 6 nitrogen and oxygen atoms in total. The fraction of sp³-hybridized carbons (Fsp3) is 0.545. The number of ether oxygens (including phenoxy) is 1. The molecule has 0 spiro atoms. The van der Waals surface area contributed by atoms with E-state index in [4.69, 9.17) is 4.42 Å². The maximum Gasteiger partial charge on any atom is 0.374 e. The summed E-state index contributed by atoms with van der Waals surface area (Å²) in [7, 11) is -2.46. The number of nitrogens with zero attached hydrogens (tertiary/aromatic N) is 1. The summed E-state index contributed by atoms with van der Waals surface area (Å²) in [4.78, 5) is 11.3. The Labute approximate surface area is 116 Å². The maximum atomic E-state index is 12.3. The molecule has 1 atom stereocenters. The summed E-state index contributed by atoms with van der Waals surface area (Å²) < 4.78 is 35.6. The van der Waals surface area contributed by atoms with E-state index in [0.717, 1.165) is 5.75 Å². The minimum atomic E-state index is -3.67. The Balaban J connectivity index is 2.24. The molecule has 0 amide bonds. The van der Waals surface area contributed by atoms with Gasteiger partial charge in [0.05, 0.1) is 7.11 Å². The number of carbonyl (C=O) groups is 1. The lowest BCUT2D eigenvalue weighted by Gasteiger charge is -2.28. The van der Waals surface area contributed by atoms with Crippen LogP contribution in [-0.2, 0) is 14.8 Å². The lowest BCUT2D eigenvalue weighted by molar-refractivity contribution is 0.0558. The molecule has 19 heavy (non-hydrogen) atoms. The van der Waals surface area contributed by atoms with Crippen molar-refractivity contribution < 1.29 is 22.4 Å². The van der Waals surface area contributed by atoms with E-state index in [-0.39, 0.29) is 16.1 Å². The van der Waals surface area contributed by atoms with Crippen LogP contribution >= 0.6 is 11.8 Å². The van der Waals surface area contributed by atoms with Crippen molar-refractivity contribution in [2.45, 2.75) is 17.3 Å². The van der Waals surface area contributed by atoms with Crippen LogP contribution in [0.3, 0.4) is 0 Å². The van der Waals surface area contributed by atoms with Crippen molar-refractivity contribution >= 4 is 27.8 Å². The largest absolute Gasteiger partial charge is 0.463 e. The summed E-state index contributed by atoms with van der Waals surface area (Å²) in [5.41, 5.74) is 0. The van der Waals surface area contributed by atoms with Crippen LogP contribution in [0.5, 0.6) is 0 Å². The molecule has 1 aromatic heterocycles. The second-order valence-corrected chi connectivity index (χ2v) is 7.57. The summed E-state index contributed by atoms with van der Waals surface area (Å²) in [6, 6.07) is 2.59. The van der Waals surface area contributed by atoms with E-state index in [1.807, 2.05) is 6.92 Å². The summed E-state index contributed by atoms with van der Waals surface area (Å²) in [5.74, 6) is -0.0464. The standard InChI is InChI=1S/C11H15NO5S2/c1-8-7-12(5-6-18-8)19(14,15)10-4-3-9(17-10)11(13)16-2/h3-4,8H,5-7H2,1-2H3/t8-/m1/s1. The highest BCUT2D eigenvalue weighted by molar-refractivity contribution is 8.00. The first-order valence-electron chi connectivity index (χ1n) is 5.75. The third-order valence-corrected chi connectivity index (χ3v) is 5.64. The van der Waals surface area contributed by atoms with E-state index >= 15 is 0 Å². The van der Waals surface area contributed by atoms with E-state index in [1.165, 1.54) is 23.5 Å². The number of thioether (sulfide) groups is 1. The molecule has 0 radical (unpaired) electrons. The van der Waals surface area contributed by atoms with Gasteiger partial charge in [0.2, 0.25) is 10.9 Å². The van der Waals surface area contributed by atoms with Crippen LogP contribution in [0.25, 0.3) is 0 Å². The highest BCUT2D eigenvalue weighted by atomic mass is 32.2. The first kappa shape index (κ1) is 14.4. The number of esters is 1. The Morgan fingerprint density at radius 1 is 1.53 bits per heavy atom. The minimum absolute atomic E-state index is 0.111. The van der Waals surface area contributed by atoms with Crippen LogP contribution in [0.2, 0.25) is 0 Å². The van der Waals surface area contributed by atoms with E-state index in [2.05, 4.69) is 4.74 Å². The van der Waals surface area contributed by atoms with Gasteiger partial charge in [-0.3, -0.25) is 0 Å². The maximum absolute atomic E-state index is 12.3. The summed E-state index contributed by atoms with van der Waals surface area (Å²) in [5, 5.41) is 0.0329. The molecule has 2 rings (SSSR count). The zero-order chi connectivity index (χ0) is 14.0. The Hall–Kier alpha value is -0.990. The van der Waals surface area contributed by atoms with Crippen molar-refractivity contribution in [2.75, 3.05) is 26.0 Å². The lowest BCUT2D eigenvalue weighted by Crippen LogP contribution is -2.40. The van der Waals surface area contributed by atoms with Gasteiger partial charge in [0.25, 0.3) is 10.0 Å². The summed E-state index contributed by atoms with van der Waals surface area (Å²) in [6.45, 7) is 2.88. The van der Waals surface area contributed by atoms with E-state index in [1.54, 1.807) is 11.8 Å². The number of hydrogen-bond acceptors (Lipinski definition) is 6. The monoisotopic (exact) mass is 305 g/mol. The molecule has 0 saturated carbocycles. The van der Waals surface area contributed by atoms with Crippen molar-refractivity contribution in [3.05, 3.63) is 17.9 Å². The average molecular weight is 305 g/mol. The Morgan fingerprint density at radius 3 is 2.89 bits per heavy atom. The van der Waals surface area contributed by atoms with Crippen LogP contribution in [0.4, 0.5) is 0 Å². The quantitative estimate of drug-likeness (QED) is 0.781. The summed E-state index contributed by atoms with van der Waals surface area (Å²) >= 11 is 1.74. The van der Waals surface area contributed by atoms with Crippen LogP contribution in [0, 0.1) is 0 Å². The van der Waals surface area contributed by atoms with Crippen molar-refractivity contribution in [3.8, 4) is 0 Å². The lowest BCUT2D eigenvalue weighted by atomic mass is 10.4. The molecule has 1 aromatic rings. The Kier molecular flexibility index (Phi) is 4.22. The first-order valence-corrected chi connectivity index (χ1v) is 8.24. The molecule has 1 fully saturated rings. The minimum Gasteiger partial charge on any atom is -0.463 e. The van der Waals surface area contributed by atoms with Gasteiger partial charge in [0, 0.05) is 24.1 Å². The number of hydrogen-bond donors (Lipinski definition) is 0. The van der Waals surface area contributed by atoms with Gasteiger partial charge in [0.1, 0.15) is 0 Å². The van der Waals surface area contributed by atoms with Crippen LogP contribution in [0.15, 0.2) is 21.6 Å². The van der Waals surface area contributed by atoms with Gasteiger partial charge in [-0.2, -0.15) is 16.1 Å². The summed E-state index contributed by atoms with van der Waals surface area (Å²) in [6.07, 6.45) is 0. The predicted molar refractivity (Wildman–Crippen MR) is 70.7 cm³/mol. The van der Waals surface area contributed by atoms with Gasteiger partial charge in [-0.05, 0) is 12.1 Å². The van der Waals surface area contributed by atoms with Gasteiger partial charge < -0.3 is 9.15 Å². The van der Waals surface area contributed by atoms with Crippen molar-refractivity contribution in [1.29, 1.82) is 0 Å². The molecule has 1 saturated heterocycles. The van der Waals surface area contributed by atoms with Crippen molar-refractivity contribution in [1.82, 2.24) is 4.31 Å². The fourth-order valence-electron chi connectivity index (χ4n) is 1.80. The van der Waals surface area contributed by atoms with Crippen molar-refractivity contribution in [2.24, 2.45) is 0 Å². The molecule has 106 valence electrons. The molecule has 0 aliphatic carbocycles. The van der Waals surface area contributed by atoms with Gasteiger partial charge >= 0.3 is 5.97 Å². The molecule has 0 bridgehead atoms. The number of sulfonamides is 1. The zero-order valence-corrected chi connectivity index (χ0v) is 12.3. The third kappa shape index (κ3) is 2.96. The van der Waals surface area contributed by atoms with Gasteiger partial charge in [0.15, 0.2) is 0 Å². The molecule has 0 unspecified atom stereocenters. The fourth-order valence-corrected chi connectivity index (χ4v) is 4.47.